The van der Waals surface area contributed by atoms with Crippen molar-refractivity contribution >= 4 is 17.2 Å². The fourth-order valence-electron chi connectivity index (χ4n) is 1.85. The van der Waals surface area contributed by atoms with Crippen molar-refractivity contribution in [2.75, 3.05) is 26.7 Å². The maximum atomic E-state index is 12.1. The number of hydrogen-bond acceptors (Lipinski definition) is 4. The molecule has 1 aliphatic rings. The number of morpholine rings is 1. The molecule has 5 heteroatoms. The summed E-state index contributed by atoms with van der Waals surface area (Å²) in [5, 5.41) is 3.17. The van der Waals surface area contributed by atoms with Gasteiger partial charge in [-0.2, -0.15) is 0 Å². The predicted molar refractivity (Wildman–Crippen MR) is 68.1 cm³/mol. The van der Waals surface area contributed by atoms with Gasteiger partial charge in [0.05, 0.1) is 13.2 Å². The lowest BCUT2D eigenvalue weighted by Gasteiger charge is -2.27. The Morgan fingerprint density at radius 2 is 2.47 bits per heavy atom. The Balaban J connectivity index is 1.90. The molecule has 1 saturated heterocycles. The van der Waals surface area contributed by atoms with Crippen LogP contribution in [0, 0.1) is 6.92 Å². The van der Waals surface area contributed by atoms with Gasteiger partial charge in [-0.3, -0.25) is 4.79 Å². The van der Waals surface area contributed by atoms with Crippen molar-refractivity contribution < 1.29 is 9.53 Å². The summed E-state index contributed by atoms with van der Waals surface area (Å²) in [6.07, 6.45) is -0.324. The first-order chi connectivity index (χ1) is 8.16. The highest BCUT2D eigenvalue weighted by Gasteiger charge is 2.24. The number of nitrogens with zero attached hydrogens (tertiary/aromatic N) is 1. The lowest BCUT2D eigenvalue weighted by atomic mass is 10.2. The fraction of sp³-hybridized carbons (Fsp3) is 0.583. The zero-order chi connectivity index (χ0) is 12.3. The summed E-state index contributed by atoms with van der Waals surface area (Å²) in [5.74, 6) is 0.0586. The molecule has 0 bridgehead atoms. The molecule has 1 aliphatic heterocycles. The van der Waals surface area contributed by atoms with E-state index in [1.54, 1.807) is 16.2 Å². The third-order valence-corrected chi connectivity index (χ3v) is 3.75. The summed E-state index contributed by atoms with van der Waals surface area (Å²) >= 11 is 1.73. The quantitative estimate of drug-likeness (QED) is 0.875. The van der Waals surface area contributed by atoms with E-state index >= 15 is 0 Å². The number of aryl methyl sites for hydroxylation is 1. The second-order valence-corrected chi connectivity index (χ2v) is 5.64. The van der Waals surface area contributed by atoms with Crippen LogP contribution in [0.1, 0.15) is 9.75 Å². The van der Waals surface area contributed by atoms with Crippen LogP contribution in [0.2, 0.25) is 0 Å². The SMILES string of the molecule is Cc1ccc(CN(C)C(=O)C2CNCCO2)s1. The molecule has 1 aromatic heterocycles. The fourth-order valence-corrected chi connectivity index (χ4v) is 2.80. The van der Waals surface area contributed by atoms with Crippen LogP contribution in [0.4, 0.5) is 0 Å². The Morgan fingerprint density at radius 1 is 1.65 bits per heavy atom. The largest absolute Gasteiger partial charge is 0.366 e. The van der Waals surface area contributed by atoms with Crippen molar-refractivity contribution in [1.82, 2.24) is 10.2 Å². The van der Waals surface area contributed by atoms with Crippen LogP contribution in [0.25, 0.3) is 0 Å². The zero-order valence-corrected chi connectivity index (χ0v) is 11.0. The summed E-state index contributed by atoms with van der Waals surface area (Å²) in [4.78, 5) is 16.3. The van der Waals surface area contributed by atoms with Gasteiger partial charge in [0.15, 0.2) is 0 Å². The molecule has 1 amide bonds. The monoisotopic (exact) mass is 254 g/mol. The molecule has 1 N–H and O–H groups in total. The molecular weight excluding hydrogens is 236 g/mol. The third-order valence-electron chi connectivity index (χ3n) is 2.77. The van der Waals surface area contributed by atoms with E-state index in [0.29, 0.717) is 19.7 Å². The topological polar surface area (TPSA) is 41.6 Å². The zero-order valence-electron chi connectivity index (χ0n) is 10.2. The Labute approximate surface area is 106 Å². The van der Waals surface area contributed by atoms with Crippen molar-refractivity contribution in [3.05, 3.63) is 21.9 Å². The summed E-state index contributed by atoms with van der Waals surface area (Å²) in [7, 11) is 1.83. The first kappa shape index (κ1) is 12.5. The molecular formula is C12H18N2O2S. The molecule has 0 spiro atoms. The van der Waals surface area contributed by atoms with Crippen LogP contribution in [0.5, 0.6) is 0 Å². The lowest BCUT2D eigenvalue weighted by molar-refractivity contribution is -0.144. The van der Waals surface area contributed by atoms with Crippen LogP contribution >= 0.6 is 11.3 Å². The number of carbonyl (C=O) groups excluding carboxylic acids is 1. The van der Waals surface area contributed by atoms with E-state index < -0.39 is 0 Å². The molecule has 94 valence electrons. The second kappa shape index (κ2) is 5.62. The lowest BCUT2D eigenvalue weighted by Crippen LogP contribution is -2.48. The molecule has 1 fully saturated rings. The van der Waals surface area contributed by atoms with Gasteiger partial charge in [0, 0.05) is 29.9 Å². The second-order valence-electron chi connectivity index (χ2n) is 4.27. The van der Waals surface area contributed by atoms with Crippen LogP contribution < -0.4 is 5.32 Å². The number of carbonyl (C=O) groups is 1. The van der Waals surface area contributed by atoms with E-state index in [-0.39, 0.29) is 12.0 Å². The summed E-state index contributed by atoms with van der Waals surface area (Å²) in [5.41, 5.74) is 0. The molecule has 1 unspecified atom stereocenters. The maximum Gasteiger partial charge on any atom is 0.253 e. The number of amides is 1. The normalized spacial score (nSPS) is 20.2. The van der Waals surface area contributed by atoms with E-state index in [9.17, 15) is 4.79 Å². The molecule has 4 nitrogen and oxygen atoms in total. The summed E-state index contributed by atoms with van der Waals surface area (Å²) in [6.45, 7) is 4.80. The van der Waals surface area contributed by atoms with E-state index in [1.165, 1.54) is 9.75 Å². The third kappa shape index (κ3) is 3.28. The van der Waals surface area contributed by atoms with Crippen LogP contribution in [0.3, 0.4) is 0 Å². The Morgan fingerprint density at radius 3 is 3.06 bits per heavy atom. The van der Waals surface area contributed by atoms with Crippen LogP contribution in [-0.2, 0) is 16.1 Å². The van der Waals surface area contributed by atoms with Crippen LogP contribution in [-0.4, -0.2) is 43.7 Å². The average molecular weight is 254 g/mol. The smallest absolute Gasteiger partial charge is 0.253 e. The summed E-state index contributed by atoms with van der Waals surface area (Å²) in [6, 6.07) is 4.15. The minimum Gasteiger partial charge on any atom is -0.366 e. The van der Waals surface area contributed by atoms with Gasteiger partial charge in [-0.25, -0.2) is 0 Å². The number of thiophene rings is 1. The number of likely N-dealkylation sites (N-methyl/N-ethyl adjacent to an activating group) is 1. The molecule has 0 aromatic carbocycles. The Hall–Kier alpha value is -0.910. The van der Waals surface area contributed by atoms with Gasteiger partial charge in [0.1, 0.15) is 6.10 Å². The van der Waals surface area contributed by atoms with Gasteiger partial charge in [-0.05, 0) is 19.1 Å². The average Bonchev–Trinajstić information content (AvgIpc) is 2.75. The van der Waals surface area contributed by atoms with Gasteiger partial charge in [0.2, 0.25) is 0 Å². The molecule has 0 radical (unpaired) electrons. The highest BCUT2D eigenvalue weighted by molar-refractivity contribution is 7.11. The minimum absolute atomic E-state index is 0.0586. The predicted octanol–water partition coefficient (Wildman–Crippen LogP) is 1.00. The van der Waals surface area contributed by atoms with Crippen molar-refractivity contribution in [1.29, 1.82) is 0 Å². The summed E-state index contributed by atoms with van der Waals surface area (Å²) < 4.78 is 5.45. The van der Waals surface area contributed by atoms with Crippen molar-refractivity contribution in [3.8, 4) is 0 Å². The standard InChI is InChI=1S/C12H18N2O2S/c1-9-3-4-10(17-9)8-14(2)12(15)11-7-13-5-6-16-11/h3-4,11,13H,5-8H2,1-2H3. The van der Waals surface area contributed by atoms with Gasteiger partial charge in [0.25, 0.3) is 5.91 Å². The van der Waals surface area contributed by atoms with E-state index in [2.05, 4.69) is 24.4 Å². The molecule has 1 atom stereocenters. The molecule has 17 heavy (non-hydrogen) atoms. The minimum atomic E-state index is -0.324. The highest BCUT2D eigenvalue weighted by atomic mass is 32.1. The molecule has 2 rings (SSSR count). The van der Waals surface area contributed by atoms with Gasteiger partial charge in [-0.1, -0.05) is 0 Å². The maximum absolute atomic E-state index is 12.1. The first-order valence-electron chi connectivity index (χ1n) is 5.79. The Kier molecular flexibility index (Phi) is 4.15. The van der Waals surface area contributed by atoms with Crippen LogP contribution in [0.15, 0.2) is 12.1 Å². The Bertz CT molecular complexity index is 386. The number of ether oxygens (including phenoxy) is 1. The number of rotatable bonds is 3. The van der Waals surface area contributed by atoms with Gasteiger partial charge in [-0.15, -0.1) is 11.3 Å². The van der Waals surface area contributed by atoms with Crippen molar-refractivity contribution in [3.63, 3.8) is 0 Å². The molecule has 0 aliphatic carbocycles. The molecule has 2 heterocycles. The van der Waals surface area contributed by atoms with Gasteiger partial charge >= 0.3 is 0 Å². The van der Waals surface area contributed by atoms with E-state index in [0.717, 1.165) is 6.54 Å². The number of nitrogens with one attached hydrogen (secondary N) is 1. The van der Waals surface area contributed by atoms with E-state index in [4.69, 9.17) is 4.74 Å². The first-order valence-corrected chi connectivity index (χ1v) is 6.61. The van der Waals surface area contributed by atoms with Gasteiger partial charge < -0.3 is 15.0 Å². The van der Waals surface area contributed by atoms with Crippen molar-refractivity contribution in [2.45, 2.75) is 19.6 Å². The number of hydrogen-bond donors (Lipinski definition) is 1. The van der Waals surface area contributed by atoms with E-state index in [1.807, 2.05) is 7.05 Å². The molecule has 0 saturated carbocycles. The molecule has 1 aromatic rings. The highest BCUT2D eigenvalue weighted by Crippen LogP contribution is 2.17. The van der Waals surface area contributed by atoms with Crippen molar-refractivity contribution in [2.24, 2.45) is 0 Å².